The molecule has 0 radical (unpaired) electrons. The molecule has 10 nitrogen and oxygen atoms in total. The van der Waals surface area contributed by atoms with Crippen molar-refractivity contribution in [2.24, 2.45) is 17.2 Å². The fraction of sp³-hybridized carbons (Fsp3) is 0.222. The fourth-order valence-corrected chi connectivity index (χ4v) is 4.33. The van der Waals surface area contributed by atoms with Gasteiger partial charge in [0.1, 0.15) is 17.2 Å². The minimum atomic E-state index is -1.32. The van der Waals surface area contributed by atoms with Gasteiger partial charge in [-0.1, -0.05) is 36.4 Å². The lowest BCUT2D eigenvalue weighted by atomic mass is 9.91. The minimum Gasteiger partial charge on any atom is -0.507 e. The molecular weight excluding hydrogens is 476 g/mol. The molecule has 0 aliphatic rings. The molecule has 0 saturated heterocycles. The minimum absolute atomic E-state index is 0.0699. The van der Waals surface area contributed by atoms with Crippen LogP contribution < -0.4 is 17.2 Å². The molecule has 3 atom stereocenters. The number of aromatic hydroxyl groups is 3. The van der Waals surface area contributed by atoms with Gasteiger partial charge in [0.25, 0.3) is 0 Å². The SMILES string of the molecule is NCC(C(=O)c1ccccc1O)N(C(CN)C(=O)c1ccccc1O)C(CN)C(=O)c1ccccc1O. The van der Waals surface area contributed by atoms with E-state index in [0.717, 1.165) is 0 Å². The summed E-state index contributed by atoms with van der Waals surface area (Å²) in [5, 5.41) is 30.9. The molecule has 0 fully saturated rings. The molecule has 0 bridgehead atoms. The molecule has 37 heavy (non-hydrogen) atoms. The summed E-state index contributed by atoms with van der Waals surface area (Å²) in [7, 11) is 0. The molecule has 3 aromatic carbocycles. The molecule has 0 saturated carbocycles. The van der Waals surface area contributed by atoms with Crippen LogP contribution in [0, 0.1) is 0 Å². The average Bonchev–Trinajstić information content (AvgIpc) is 2.90. The first-order chi connectivity index (χ1) is 17.8. The molecule has 10 heteroatoms. The molecule has 3 aromatic rings. The van der Waals surface area contributed by atoms with Crippen LogP contribution in [0.25, 0.3) is 0 Å². The number of benzene rings is 3. The quantitative estimate of drug-likeness (QED) is 0.193. The van der Waals surface area contributed by atoms with E-state index in [1.165, 1.54) is 59.5 Å². The third kappa shape index (κ3) is 5.68. The number of nitrogens with two attached hydrogens (primary N) is 3. The average molecular weight is 507 g/mol. The summed E-state index contributed by atoms with van der Waals surface area (Å²) >= 11 is 0. The maximum absolute atomic E-state index is 13.6. The van der Waals surface area contributed by atoms with Crippen LogP contribution >= 0.6 is 0 Å². The lowest BCUT2D eigenvalue weighted by Crippen LogP contribution is -2.63. The number of para-hydroxylation sites is 3. The summed E-state index contributed by atoms with van der Waals surface area (Å²) < 4.78 is 0. The third-order valence-corrected chi connectivity index (χ3v) is 6.17. The Labute approximate surface area is 213 Å². The maximum Gasteiger partial charge on any atom is 0.184 e. The fourth-order valence-electron chi connectivity index (χ4n) is 4.33. The first kappa shape index (κ1) is 27.5. The summed E-state index contributed by atoms with van der Waals surface area (Å²) in [4.78, 5) is 42.2. The Morgan fingerprint density at radius 3 is 1.00 bits per heavy atom. The first-order valence-corrected chi connectivity index (χ1v) is 11.6. The first-order valence-electron chi connectivity index (χ1n) is 11.6. The summed E-state index contributed by atoms with van der Waals surface area (Å²) in [6, 6.07) is 13.5. The second-order valence-electron chi connectivity index (χ2n) is 8.35. The number of rotatable bonds is 12. The molecular formula is C27H30N4O6. The van der Waals surface area contributed by atoms with E-state index in [4.69, 9.17) is 17.2 Å². The standard InChI is InChI=1S/C27H30N4O6/c28-13-19(25(35)16-7-1-4-10-22(16)32)31(20(14-29)26(36)17-8-2-5-11-23(17)33)21(15-30)27(37)18-9-3-6-12-24(18)34/h1-12,19-21,32-34H,13-15,28-30H2. The highest BCUT2D eigenvalue weighted by Gasteiger charge is 2.42. The normalized spacial score (nSPS) is 13.6. The Morgan fingerprint density at radius 1 is 0.541 bits per heavy atom. The molecule has 0 aromatic heterocycles. The van der Waals surface area contributed by atoms with Crippen LogP contribution in [-0.2, 0) is 0 Å². The zero-order valence-electron chi connectivity index (χ0n) is 20.0. The maximum atomic E-state index is 13.6. The van der Waals surface area contributed by atoms with Crippen molar-refractivity contribution < 1.29 is 29.7 Å². The van der Waals surface area contributed by atoms with Gasteiger partial charge in [0, 0.05) is 19.6 Å². The molecule has 0 aliphatic carbocycles. The molecule has 3 rings (SSSR count). The predicted molar refractivity (Wildman–Crippen MR) is 138 cm³/mol. The van der Waals surface area contributed by atoms with Gasteiger partial charge in [-0.25, -0.2) is 0 Å². The number of nitrogens with zero attached hydrogens (tertiary/aromatic N) is 1. The van der Waals surface area contributed by atoms with Crippen molar-refractivity contribution in [3.05, 3.63) is 89.5 Å². The number of phenolic OH excluding ortho intramolecular Hbond substituents is 3. The number of carbonyl (C=O) groups is 3. The van der Waals surface area contributed by atoms with Crippen LogP contribution in [0.2, 0.25) is 0 Å². The van der Waals surface area contributed by atoms with Gasteiger partial charge in [0.05, 0.1) is 34.8 Å². The molecule has 0 heterocycles. The lowest BCUT2D eigenvalue weighted by molar-refractivity contribution is 0.0484. The van der Waals surface area contributed by atoms with Crippen LogP contribution in [0.4, 0.5) is 0 Å². The van der Waals surface area contributed by atoms with E-state index in [9.17, 15) is 29.7 Å². The Kier molecular flexibility index (Phi) is 9.10. The number of hydrogen-bond donors (Lipinski definition) is 6. The van der Waals surface area contributed by atoms with Gasteiger partial charge in [-0.2, -0.15) is 0 Å². The van der Waals surface area contributed by atoms with E-state index in [1.54, 1.807) is 18.2 Å². The largest absolute Gasteiger partial charge is 0.507 e. The highest BCUT2D eigenvalue weighted by molar-refractivity contribution is 6.07. The smallest absolute Gasteiger partial charge is 0.184 e. The topological polar surface area (TPSA) is 193 Å². The van der Waals surface area contributed by atoms with Crippen molar-refractivity contribution in [2.75, 3.05) is 19.6 Å². The van der Waals surface area contributed by atoms with E-state index in [1.807, 2.05) is 0 Å². The van der Waals surface area contributed by atoms with Crippen molar-refractivity contribution in [1.29, 1.82) is 0 Å². The van der Waals surface area contributed by atoms with Gasteiger partial charge in [0.2, 0.25) is 0 Å². The summed E-state index contributed by atoms with van der Waals surface area (Å²) in [5.74, 6) is -2.90. The van der Waals surface area contributed by atoms with Crippen LogP contribution in [0.5, 0.6) is 17.2 Å². The van der Waals surface area contributed by atoms with Gasteiger partial charge in [-0.05, 0) is 36.4 Å². The van der Waals surface area contributed by atoms with E-state index in [-0.39, 0.29) is 53.6 Å². The van der Waals surface area contributed by atoms with Gasteiger partial charge in [-0.3, -0.25) is 19.3 Å². The number of phenols is 3. The van der Waals surface area contributed by atoms with Gasteiger partial charge in [-0.15, -0.1) is 0 Å². The van der Waals surface area contributed by atoms with Gasteiger partial charge < -0.3 is 32.5 Å². The monoisotopic (exact) mass is 506 g/mol. The molecule has 9 N–H and O–H groups in total. The van der Waals surface area contributed by atoms with E-state index in [0.29, 0.717) is 0 Å². The van der Waals surface area contributed by atoms with Crippen molar-refractivity contribution in [2.45, 2.75) is 18.1 Å². The highest BCUT2D eigenvalue weighted by Crippen LogP contribution is 2.27. The lowest BCUT2D eigenvalue weighted by Gasteiger charge is -2.40. The zero-order chi connectivity index (χ0) is 27.1. The Hall–Kier alpha value is -4.09. The number of Topliss-reactive ketones (excluding diaryl/α,β-unsaturated/α-hetero) is 3. The van der Waals surface area contributed by atoms with Gasteiger partial charge in [0.15, 0.2) is 17.3 Å². The predicted octanol–water partition coefficient (Wildman–Crippen LogP) is 1.04. The summed E-state index contributed by atoms with van der Waals surface area (Å²) in [6.07, 6.45) is 0. The van der Waals surface area contributed by atoms with E-state index >= 15 is 0 Å². The van der Waals surface area contributed by atoms with Crippen LogP contribution in [0.1, 0.15) is 31.1 Å². The zero-order valence-corrected chi connectivity index (χ0v) is 20.0. The van der Waals surface area contributed by atoms with Crippen molar-refractivity contribution in [1.82, 2.24) is 4.90 Å². The van der Waals surface area contributed by atoms with E-state index < -0.39 is 35.5 Å². The van der Waals surface area contributed by atoms with Crippen LogP contribution in [0.3, 0.4) is 0 Å². The van der Waals surface area contributed by atoms with Crippen LogP contribution in [-0.4, -0.2) is 75.3 Å². The third-order valence-electron chi connectivity index (χ3n) is 6.17. The molecule has 0 aliphatic heterocycles. The van der Waals surface area contributed by atoms with E-state index in [2.05, 4.69) is 0 Å². The second kappa shape index (κ2) is 12.2. The van der Waals surface area contributed by atoms with Crippen molar-refractivity contribution in [3.8, 4) is 17.2 Å². The molecule has 0 amide bonds. The molecule has 3 unspecified atom stereocenters. The molecule has 0 spiro atoms. The Morgan fingerprint density at radius 2 is 0.784 bits per heavy atom. The van der Waals surface area contributed by atoms with Crippen molar-refractivity contribution >= 4 is 17.3 Å². The summed E-state index contributed by atoms with van der Waals surface area (Å²) in [5.41, 5.74) is 17.9. The number of ketones is 3. The summed E-state index contributed by atoms with van der Waals surface area (Å²) in [6.45, 7) is -1.08. The second-order valence-corrected chi connectivity index (χ2v) is 8.35. The Balaban J connectivity index is 2.19. The highest BCUT2D eigenvalue weighted by atomic mass is 16.3. The Bertz CT molecular complexity index is 1130. The van der Waals surface area contributed by atoms with Crippen LogP contribution in [0.15, 0.2) is 72.8 Å². The molecule has 194 valence electrons. The number of hydrogen-bond acceptors (Lipinski definition) is 10. The van der Waals surface area contributed by atoms with Crippen molar-refractivity contribution in [3.63, 3.8) is 0 Å². The van der Waals surface area contributed by atoms with Gasteiger partial charge >= 0.3 is 0 Å². The number of carbonyl (C=O) groups excluding carboxylic acids is 3.